The zero-order valence-corrected chi connectivity index (χ0v) is 17.0. The number of hydrogen-bond donors (Lipinski definition) is 0. The van der Waals surface area contributed by atoms with E-state index >= 15 is 0 Å². The van der Waals surface area contributed by atoms with Crippen molar-refractivity contribution < 1.29 is 9.59 Å². The Kier molecular flexibility index (Phi) is 5.93. The van der Waals surface area contributed by atoms with Gasteiger partial charge in [0.15, 0.2) is 5.82 Å². The molecule has 1 aromatic heterocycles. The Labute approximate surface area is 167 Å². The van der Waals surface area contributed by atoms with Gasteiger partial charge in [0.05, 0.1) is 11.7 Å². The number of carbonyl (C=O) groups is 2. The van der Waals surface area contributed by atoms with Gasteiger partial charge < -0.3 is 9.80 Å². The fourth-order valence-electron chi connectivity index (χ4n) is 5.01. The number of nitrogens with zero attached hydrogens (tertiary/aromatic N) is 4. The summed E-state index contributed by atoms with van der Waals surface area (Å²) in [5, 5.41) is 0. The van der Waals surface area contributed by atoms with E-state index in [0.717, 1.165) is 49.3 Å². The lowest BCUT2D eigenvalue weighted by atomic mass is 9.86. The van der Waals surface area contributed by atoms with Crippen molar-refractivity contribution in [1.82, 2.24) is 19.8 Å². The Morgan fingerprint density at radius 3 is 2.64 bits per heavy atom. The summed E-state index contributed by atoms with van der Waals surface area (Å²) in [6, 6.07) is 0.0148. The van der Waals surface area contributed by atoms with Crippen LogP contribution in [0.15, 0.2) is 6.20 Å². The van der Waals surface area contributed by atoms with Gasteiger partial charge >= 0.3 is 0 Å². The third kappa shape index (κ3) is 4.20. The summed E-state index contributed by atoms with van der Waals surface area (Å²) in [6.07, 6.45) is 12.8. The van der Waals surface area contributed by atoms with Gasteiger partial charge in [0, 0.05) is 51.2 Å². The lowest BCUT2D eigenvalue weighted by Gasteiger charge is -2.36. The molecule has 6 nitrogen and oxygen atoms in total. The molecule has 0 N–H and O–H groups in total. The Balaban J connectivity index is 1.48. The van der Waals surface area contributed by atoms with E-state index < -0.39 is 0 Å². The smallest absolute Gasteiger partial charge is 0.223 e. The van der Waals surface area contributed by atoms with Gasteiger partial charge in [-0.3, -0.25) is 9.59 Å². The molecule has 1 aromatic rings. The average molecular weight is 385 g/mol. The molecular formula is C22H32N4O2. The Hall–Kier alpha value is -1.98. The predicted octanol–water partition coefficient (Wildman–Crippen LogP) is 3.41. The van der Waals surface area contributed by atoms with E-state index in [1.165, 1.54) is 32.1 Å². The van der Waals surface area contributed by atoms with Crippen molar-refractivity contribution >= 4 is 11.8 Å². The first-order valence-electron chi connectivity index (χ1n) is 11.0. The maximum atomic E-state index is 13.1. The predicted molar refractivity (Wildman–Crippen MR) is 106 cm³/mol. The Morgan fingerprint density at radius 2 is 1.86 bits per heavy atom. The first-order valence-corrected chi connectivity index (χ1v) is 11.0. The normalized spacial score (nSPS) is 23.4. The number of carbonyl (C=O) groups excluding carboxylic acids is 2. The maximum Gasteiger partial charge on any atom is 0.223 e. The molecule has 3 aliphatic rings. The van der Waals surface area contributed by atoms with Gasteiger partial charge in [-0.15, -0.1) is 0 Å². The maximum absolute atomic E-state index is 13.1. The molecule has 2 amide bonds. The number of fused-ring (bicyclic) bond motifs is 1. The molecule has 28 heavy (non-hydrogen) atoms. The summed E-state index contributed by atoms with van der Waals surface area (Å²) < 4.78 is 0. The quantitative estimate of drug-likeness (QED) is 0.801. The van der Waals surface area contributed by atoms with Crippen LogP contribution in [-0.2, 0) is 22.6 Å². The highest BCUT2D eigenvalue weighted by Gasteiger charge is 2.32. The van der Waals surface area contributed by atoms with E-state index in [2.05, 4.69) is 9.88 Å². The lowest BCUT2D eigenvalue weighted by molar-refractivity contribution is -0.136. The van der Waals surface area contributed by atoms with E-state index in [9.17, 15) is 9.59 Å². The van der Waals surface area contributed by atoms with Crippen LogP contribution in [0, 0.1) is 5.92 Å². The topological polar surface area (TPSA) is 66.4 Å². The van der Waals surface area contributed by atoms with Crippen LogP contribution in [-0.4, -0.2) is 44.7 Å². The summed E-state index contributed by atoms with van der Waals surface area (Å²) in [5.74, 6) is 1.75. The van der Waals surface area contributed by atoms with Gasteiger partial charge in [-0.1, -0.05) is 19.3 Å². The molecule has 6 heteroatoms. The summed E-state index contributed by atoms with van der Waals surface area (Å²) in [7, 11) is 0. The highest BCUT2D eigenvalue weighted by Crippen LogP contribution is 2.33. The van der Waals surface area contributed by atoms with E-state index in [-0.39, 0.29) is 11.9 Å². The molecule has 0 aromatic carbocycles. The molecule has 2 aliphatic heterocycles. The summed E-state index contributed by atoms with van der Waals surface area (Å²) in [6.45, 7) is 3.75. The Bertz CT molecular complexity index is 729. The monoisotopic (exact) mass is 384 g/mol. The molecule has 1 saturated heterocycles. The van der Waals surface area contributed by atoms with Crippen molar-refractivity contribution in [3.8, 4) is 0 Å². The van der Waals surface area contributed by atoms with Crippen LogP contribution in [0.3, 0.4) is 0 Å². The SMILES string of the molecule is CC(=O)N1CCc2nc(C3CCCCN3C(=O)CC3CCCCC3)ncc2C1. The van der Waals surface area contributed by atoms with Crippen molar-refractivity contribution in [3.05, 3.63) is 23.3 Å². The number of piperidine rings is 1. The van der Waals surface area contributed by atoms with Crippen molar-refractivity contribution in [3.63, 3.8) is 0 Å². The standard InChI is InChI=1S/C22H32N4O2/c1-16(27)25-12-10-19-18(15-25)14-23-22(24-19)20-9-5-6-11-26(20)21(28)13-17-7-3-2-4-8-17/h14,17,20H,2-13,15H2,1H3. The van der Waals surface area contributed by atoms with Crippen LogP contribution in [0.1, 0.15) is 87.8 Å². The molecule has 1 atom stereocenters. The highest BCUT2D eigenvalue weighted by atomic mass is 16.2. The fourth-order valence-corrected chi connectivity index (χ4v) is 5.01. The molecule has 152 valence electrons. The van der Waals surface area contributed by atoms with Gasteiger partial charge in [0.25, 0.3) is 0 Å². The molecule has 1 unspecified atom stereocenters. The first-order chi connectivity index (χ1) is 13.6. The third-order valence-corrected chi connectivity index (χ3v) is 6.71. The lowest BCUT2D eigenvalue weighted by Crippen LogP contribution is -2.40. The van der Waals surface area contributed by atoms with Gasteiger partial charge in [0.1, 0.15) is 0 Å². The number of hydrogen-bond acceptors (Lipinski definition) is 4. The van der Waals surface area contributed by atoms with Gasteiger partial charge in [-0.2, -0.15) is 0 Å². The average Bonchev–Trinajstić information content (AvgIpc) is 2.73. The van der Waals surface area contributed by atoms with Crippen molar-refractivity contribution in [2.45, 2.75) is 83.7 Å². The van der Waals surface area contributed by atoms with Crippen molar-refractivity contribution in [2.24, 2.45) is 5.92 Å². The van der Waals surface area contributed by atoms with Crippen LogP contribution in [0.25, 0.3) is 0 Å². The number of amides is 2. The van der Waals surface area contributed by atoms with Crippen molar-refractivity contribution in [2.75, 3.05) is 13.1 Å². The second-order valence-electron chi connectivity index (χ2n) is 8.70. The number of rotatable bonds is 3. The molecule has 1 saturated carbocycles. The number of aromatic nitrogens is 2. The van der Waals surface area contributed by atoms with Crippen LogP contribution >= 0.6 is 0 Å². The molecule has 3 heterocycles. The minimum atomic E-state index is 0.0148. The molecule has 0 bridgehead atoms. The van der Waals surface area contributed by atoms with Gasteiger partial charge in [-0.25, -0.2) is 9.97 Å². The molecule has 1 aliphatic carbocycles. The number of likely N-dealkylation sites (tertiary alicyclic amines) is 1. The fraction of sp³-hybridized carbons (Fsp3) is 0.727. The zero-order valence-electron chi connectivity index (χ0n) is 17.0. The Morgan fingerprint density at radius 1 is 1.07 bits per heavy atom. The molecule has 4 rings (SSSR count). The molecule has 2 fully saturated rings. The second kappa shape index (κ2) is 8.58. The van der Waals surface area contributed by atoms with Crippen LogP contribution in [0.2, 0.25) is 0 Å². The first kappa shape index (κ1) is 19.3. The van der Waals surface area contributed by atoms with Crippen molar-refractivity contribution in [1.29, 1.82) is 0 Å². The third-order valence-electron chi connectivity index (χ3n) is 6.71. The summed E-state index contributed by atoms with van der Waals surface area (Å²) in [4.78, 5) is 38.1. The molecule has 0 radical (unpaired) electrons. The van der Waals surface area contributed by atoms with E-state index in [1.54, 1.807) is 6.92 Å². The van der Waals surface area contributed by atoms with Gasteiger partial charge in [-0.05, 0) is 38.0 Å². The van der Waals surface area contributed by atoms with Crippen LogP contribution in [0.5, 0.6) is 0 Å². The minimum Gasteiger partial charge on any atom is -0.338 e. The van der Waals surface area contributed by atoms with E-state index in [4.69, 9.17) is 4.98 Å². The summed E-state index contributed by atoms with van der Waals surface area (Å²) in [5.41, 5.74) is 2.09. The van der Waals surface area contributed by atoms with Crippen LogP contribution < -0.4 is 0 Å². The van der Waals surface area contributed by atoms with E-state index in [1.807, 2.05) is 11.1 Å². The second-order valence-corrected chi connectivity index (χ2v) is 8.70. The van der Waals surface area contributed by atoms with Crippen LogP contribution in [0.4, 0.5) is 0 Å². The largest absolute Gasteiger partial charge is 0.338 e. The molecule has 0 spiro atoms. The zero-order chi connectivity index (χ0) is 19.5. The molecular weight excluding hydrogens is 352 g/mol. The van der Waals surface area contributed by atoms with Gasteiger partial charge in [0.2, 0.25) is 11.8 Å². The van der Waals surface area contributed by atoms with E-state index in [0.29, 0.717) is 31.3 Å². The highest BCUT2D eigenvalue weighted by molar-refractivity contribution is 5.77. The summed E-state index contributed by atoms with van der Waals surface area (Å²) >= 11 is 0. The minimum absolute atomic E-state index is 0.0148.